The summed E-state index contributed by atoms with van der Waals surface area (Å²) in [6, 6.07) is 7.34. The first kappa shape index (κ1) is 11.0. The van der Waals surface area contributed by atoms with Crippen LogP contribution in [0.5, 0.6) is 0 Å². The number of carboxylic acids is 1. The van der Waals surface area contributed by atoms with Gasteiger partial charge in [0, 0.05) is 27.1 Å². The maximum atomic E-state index is 10.8. The number of rotatable bonds is 2. The van der Waals surface area contributed by atoms with Gasteiger partial charge in [-0.1, -0.05) is 22.0 Å². The van der Waals surface area contributed by atoms with Crippen molar-refractivity contribution in [2.75, 3.05) is 0 Å². The van der Waals surface area contributed by atoms with Crippen molar-refractivity contribution >= 4 is 32.8 Å². The highest BCUT2D eigenvalue weighted by Crippen LogP contribution is 2.33. The van der Waals surface area contributed by atoms with Gasteiger partial charge in [-0.3, -0.25) is 5.10 Å². The fourth-order valence-electron chi connectivity index (χ4n) is 1.91. The lowest BCUT2D eigenvalue weighted by Gasteiger charge is -1.96. The normalized spacial score (nSPS) is 10.9. The Morgan fingerprint density at radius 1 is 1.39 bits per heavy atom. The van der Waals surface area contributed by atoms with E-state index in [4.69, 9.17) is 5.11 Å². The van der Waals surface area contributed by atoms with Gasteiger partial charge in [0.1, 0.15) is 5.69 Å². The first-order chi connectivity index (χ1) is 8.66. The average Bonchev–Trinajstić information content (AvgIpc) is 2.94. The number of aromatic nitrogens is 3. The van der Waals surface area contributed by atoms with E-state index in [-0.39, 0.29) is 5.69 Å². The van der Waals surface area contributed by atoms with E-state index in [2.05, 4.69) is 31.1 Å². The van der Waals surface area contributed by atoms with Crippen molar-refractivity contribution in [3.05, 3.63) is 40.6 Å². The minimum absolute atomic E-state index is 0.0754. The Kier molecular flexibility index (Phi) is 2.45. The van der Waals surface area contributed by atoms with Crippen LogP contribution in [-0.2, 0) is 0 Å². The van der Waals surface area contributed by atoms with Crippen LogP contribution in [0, 0.1) is 0 Å². The first-order valence-corrected chi connectivity index (χ1v) is 6.01. The molecule has 0 saturated carbocycles. The number of carboxylic acid groups (broad SMARTS) is 1. The van der Waals surface area contributed by atoms with E-state index in [1.54, 1.807) is 0 Å². The number of carbonyl (C=O) groups is 1. The molecule has 0 saturated heterocycles. The van der Waals surface area contributed by atoms with Crippen LogP contribution in [0.2, 0.25) is 0 Å². The lowest BCUT2D eigenvalue weighted by atomic mass is 10.1. The summed E-state index contributed by atoms with van der Waals surface area (Å²) < 4.78 is 0.941. The molecule has 90 valence electrons. The zero-order chi connectivity index (χ0) is 12.7. The molecule has 0 aliphatic rings. The molecule has 0 aliphatic carbocycles. The molecule has 0 atom stereocenters. The second kappa shape index (κ2) is 3.99. The Bertz CT molecular complexity index is 745. The van der Waals surface area contributed by atoms with Crippen LogP contribution in [0.4, 0.5) is 0 Å². The number of aromatic carboxylic acids is 1. The van der Waals surface area contributed by atoms with Gasteiger partial charge in [-0.15, -0.1) is 0 Å². The van der Waals surface area contributed by atoms with E-state index < -0.39 is 5.97 Å². The number of hydrogen-bond donors (Lipinski definition) is 3. The molecular weight excluding hydrogens is 298 g/mol. The zero-order valence-corrected chi connectivity index (χ0v) is 10.7. The SMILES string of the molecule is O=C(O)c1cc(-c2c[nH]c3cccc(Br)c23)n[nH]1. The molecule has 0 bridgehead atoms. The third-order valence-corrected chi connectivity index (χ3v) is 3.40. The highest BCUT2D eigenvalue weighted by molar-refractivity contribution is 9.10. The van der Waals surface area contributed by atoms with Crippen molar-refractivity contribution in [3.8, 4) is 11.3 Å². The fraction of sp³-hybridized carbons (Fsp3) is 0. The maximum absolute atomic E-state index is 10.8. The van der Waals surface area contributed by atoms with Gasteiger partial charge in [-0.05, 0) is 18.2 Å². The molecule has 3 rings (SSSR count). The van der Waals surface area contributed by atoms with Gasteiger partial charge in [0.2, 0.25) is 0 Å². The Labute approximate surface area is 110 Å². The minimum Gasteiger partial charge on any atom is -0.477 e. The van der Waals surface area contributed by atoms with Gasteiger partial charge < -0.3 is 10.1 Å². The second-order valence-corrected chi connectivity index (χ2v) is 4.69. The van der Waals surface area contributed by atoms with E-state index >= 15 is 0 Å². The number of halogens is 1. The number of fused-ring (bicyclic) bond motifs is 1. The van der Waals surface area contributed by atoms with Gasteiger partial charge in [0.25, 0.3) is 0 Å². The van der Waals surface area contributed by atoms with Crippen LogP contribution in [0.3, 0.4) is 0 Å². The molecule has 0 aliphatic heterocycles. The summed E-state index contributed by atoms with van der Waals surface area (Å²) in [7, 11) is 0. The molecule has 2 heterocycles. The van der Waals surface area contributed by atoms with E-state index in [0.29, 0.717) is 5.69 Å². The lowest BCUT2D eigenvalue weighted by molar-refractivity contribution is 0.0690. The van der Waals surface area contributed by atoms with E-state index in [0.717, 1.165) is 20.9 Å². The highest BCUT2D eigenvalue weighted by atomic mass is 79.9. The van der Waals surface area contributed by atoms with Crippen LogP contribution in [0.1, 0.15) is 10.5 Å². The predicted octanol–water partition coefficient (Wildman–Crippen LogP) is 3.02. The van der Waals surface area contributed by atoms with Crippen LogP contribution < -0.4 is 0 Å². The van der Waals surface area contributed by atoms with Gasteiger partial charge in [-0.2, -0.15) is 5.10 Å². The Morgan fingerprint density at radius 3 is 2.94 bits per heavy atom. The largest absolute Gasteiger partial charge is 0.477 e. The maximum Gasteiger partial charge on any atom is 0.353 e. The number of benzene rings is 1. The van der Waals surface area contributed by atoms with Crippen molar-refractivity contribution in [2.24, 2.45) is 0 Å². The van der Waals surface area contributed by atoms with Crippen molar-refractivity contribution in [1.29, 1.82) is 0 Å². The molecule has 5 nitrogen and oxygen atoms in total. The van der Waals surface area contributed by atoms with Gasteiger partial charge in [0.15, 0.2) is 0 Å². The third-order valence-electron chi connectivity index (χ3n) is 2.74. The molecular formula is C12H8BrN3O2. The van der Waals surface area contributed by atoms with Crippen molar-refractivity contribution in [3.63, 3.8) is 0 Å². The molecule has 6 heteroatoms. The molecule has 0 fully saturated rings. The first-order valence-electron chi connectivity index (χ1n) is 5.21. The summed E-state index contributed by atoms with van der Waals surface area (Å²) in [5, 5.41) is 16.4. The Morgan fingerprint density at radius 2 is 2.22 bits per heavy atom. The lowest BCUT2D eigenvalue weighted by Crippen LogP contribution is -1.95. The van der Waals surface area contributed by atoms with E-state index in [9.17, 15) is 4.79 Å². The predicted molar refractivity (Wildman–Crippen MR) is 70.5 cm³/mol. The van der Waals surface area contributed by atoms with Gasteiger partial charge in [0.05, 0.1) is 5.69 Å². The molecule has 0 radical (unpaired) electrons. The summed E-state index contributed by atoms with van der Waals surface area (Å²) in [4.78, 5) is 14.0. The fourth-order valence-corrected chi connectivity index (χ4v) is 2.49. The number of H-pyrrole nitrogens is 2. The smallest absolute Gasteiger partial charge is 0.353 e. The van der Waals surface area contributed by atoms with Crippen molar-refractivity contribution in [2.45, 2.75) is 0 Å². The van der Waals surface area contributed by atoms with Crippen LogP contribution in [0.15, 0.2) is 34.9 Å². The molecule has 0 amide bonds. The summed E-state index contributed by atoms with van der Waals surface area (Å²) in [5.74, 6) is -1.02. The van der Waals surface area contributed by atoms with Gasteiger partial charge >= 0.3 is 5.97 Å². The molecule has 1 aromatic carbocycles. The summed E-state index contributed by atoms with van der Waals surface area (Å²) in [5.41, 5.74) is 2.51. The standard InChI is InChI=1S/C12H8BrN3O2/c13-7-2-1-3-8-11(7)6(5-14-8)9-4-10(12(17)18)16-15-9/h1-5,14H,(H,15,16)(H,17,18). The summed E-state index contributed by atoms with van der Waals surface area (Å²) in [6.45, 7) is 0. The van der Waals surface area contributed by atoms with Crippen LogP contribution >= 0.6 is 15.9 Å². The Balaban J connectivity index is 2.22. The van der Waals surface area contributed by atoms with Crippen LogP contribution in [-0.4, -0.2) is 26.3 Å². The van der Waals surface area contributed by atoms with Crippen molar-refractivity contribution < 1.29 is 9.90 Å². The van der Waals surface area contributed by atoms with E-state index in [1.165, 1.54) is 6.07 Å². The molecule has 0 unspecified atom stereocenters. The number of hydrogen-bond acceptors (Lipinski definition) is 2. The number of nitrogens with one attached hydrogen (secondary N) is 2. The molecule has 2 aromatic heterocycles. The quantitative estimate of drug-likeness (QED) is 0.680. The summed E-state index contributed by atoms with van der Waals surface area (Å²) in [6.07, 6.45) is 1.82. The number of aromatic amines is 2. The topological polar surface area (TPSA) is 81.8 Å². The van der Waals surface area contributed by atoms with E-state index in [1.807, 2.05) is 24.4 Å². The third kappa shape index (κ3) is 1.62. The average molecular weight is 306 g/mol. The van der Waals surface area contributed by atoms with Crippen molar-refractivity contribution in [1.82, 2.24) is 15.2 Å². The monoisotopic (exact) mass is 305 g/mol. The van der Waals surface area contributed by atoms with Gasteiger partial charge in [-0.25, -0.2) is 4.79 Å². The zero-order valence-electron chi connectivity index (χ0n) is 9.07. The summed E-state index contributed by atoms with van der Waals surface area (Å²) >= 11 is 3.49. The number of nitrogens with zero attached hydrogens (tertiary/aromatic N) is 1. The molecule has 18 heavy (non-hydrogen) atoms. The Hall–Kier alpha value is -2.08. The molecule has 3 aromatic rings. The highest BCUT2D eigenvalue weighted by Gasteiger charge is 2.14. The van der Waals surface area contributed by atoms with Crippen LogP contribution in [0.25, 0.3) is 22.2 Å². The molecule has 0 spiro atoms. The second-order valence-electron chi connectivity index (χ2n) is 3.84. The minimum atomic E-state index is -1.02. The molecule has 3 N–H and O–H groups in total.